The SMILES string of the molecule is C.CC(C)C(=O)Nc1nc2c(nnn2[C@@H]2O[C@H](CO)[C@@H](F)[C@H]2O)c(=O)[nH]1.CC[C@H]1O[C@@H](n2nnc3c(=O)[nH]c(NC(=O)C(C)C)nc32)[C@H](O)[C@@H]1F.COc1ccc(C(Cl)(c2ccccc2)c2ccc(OC)cc2)cc1. The van der Waals surface area contributed by atoms with Gasteiger partial charge in [0.1, 0.15) is 34.7 Å². The number of fused-ring (bicyclic) bond motifs is 2. The van der Waals surface area contributed by atoms with Gasteiger partial charge in [-0.15, -0.1) is 21.8 Å². The van der Waals surface area contributed by atoms with Gasteiger partial charge in [0.15, 0.2) is 47.1 Å². The first kappa shape index (κ1) is 57.0. The lowest BCUT2D eigenvalue weighted by atomic mass is 9.84. The summed E-state index contributed by atoms with van der Waals surface area (Å²) in [6, 6.07) is 25.8. The van der Waals surface area contributed by atoms with E-state index in [0.717, 1.165) is 37.6 Å². The van der Waals surface area contributed by atoms with Gasteiger partial charge >= 0.3 is 0 Å². The van der Waals surface area contributed by atoms with Crippen LogP contribution in [0.1, 0.15) is 77.6 Å². The Morgan fingerprint density at radius 2 is 1.09 bits per heavy atom. The lowest BCUT2D eigenvalue weighted by Crippen LogP contribution is -2.30. The average Bonchev–Trinajstić information content (AvgIpc) is 4.17. The number of nitrogens with zero attached hydrogens (tertiary/aromatic N) is 8. The van der Waals surface area contributed by atoms with E-state index in [0.29, 0.717) is 6.42 Å². The normalized spacial score (nSPS) is 21.2. The zero-order valence-corrected chi connectivity index (χ0v) is 41.8. The molecule has 7 aromatic rings. The van der Waals surface area contributed by atoms with Crippen LogP contribution in [0.15, 0.2) is 88.5 Å². The van der Waals surface area contributed by atoms with E-state index in [9.17, 15) is 38.2 Å². The van der Waals surface area contributed by atoms with Crippen LogP contribution in [0.5, 0.6) is 11.5 Å². The van der Waals surface area contributed by atoms with Crippen LogP contribution >= 0.6 is 11.6 Å². The lowest BCUT2D eigenvalue weighted by Gasteiger charge is -2.29. The molecule has 2 aliphatic heterocycles. The molecular formula is C49H59ClF2N12O11. The van der Waals surface area contributed by atoms with E-state index in [4.69, 9.17) is 35.7 Å². The van der Waals surface area contributed by atoms with Crippen molar-refractivity contribution < 1.29 is 52.6 Å². The highest BCUT2D eigenvalue weighted by molar-refractivity contribution is 6.28. The topological polar surface area (TPSA) is 309 Å². The fraction of sp³-hybridized carbons (Fsp3) is 0.429. The maximum atomic E-state index is 14.1. The highest BCUT2D eigenvalue weighted by Gasteiger charge is 2.47. The van der Waals surface area contributed by atoms with Crippen LogP contribution in [-0.4, -0.2) is 135 Å². The average molecular weight is 1070 g/mol. The number of aromatic nitrogens is 10. The molecule has 3 aromatic carbocycles. The number of ether oxygens (including phenoxy) is 4. The third-order valence-electron chi connectivity index (χ3n) is 12.0. The van der Waals surface area contributed by atoms with E-state index in [1.807, 2.05) is 78.9 Å². The number of H-pyrrole nitrogens is 2. The number of benzene rings is 3. The number of aliphatic hydroxyl groups is 3. The predicted molar refractivity (Wildman–Crippen MR) is 271 cm³/mol. The molecule has 9 rings (SSSR count). The molecule has 0 spiro atoms. The number of hydrogen-bond donors (Lipinski definition) is 7. The van der Waals surface area contributed by atoms with Crippen LogP contribution in [0.2, 0.25) is 0 Å². The van der Waals surface area contributed by atoms with Crippen molar-refractivity contribution in [1.82, 2.24) is 49.9 Å². The molecule has 0 radical (unpaired) electrons. The Labute approximate surface area is 432 Å². The van der Waals surface area contributed by atoms with Crippen LogP contribution in [0.3, 0.4) is 0 Å². The van der Waals surface area contributed by atoms with Crippen LogP contribution in [0.4, 0.5) is 20.7 Å². The Kier molecular flexibility index (Phi) is 18.5. The molecule has 402 valence electrons. The molecular weight excluding hydrogens is 1010 g/mol. The van der Waals surface area contributed by atoms with Crippen molar-refractivity contribution >= 4 is 57.6 Å². The van der Waals surface area contributed by atoms with E-state index in [2.05, 4.69) is 51.2 Å². The minimum absolute atomic E-state index is 0. The zero-order valence-electron chi connectivity index (χ0n) is 41.0. The summed E-state index contributed by atoms with van der Waals surface area (Å²) < 4.78 is 51.2. The summed E-state index contributed by atoms with van der Waals surface area (Å²) in [4.78, 5) is 59.8. The van der Waals surface area contributed by atoms with E-state index in [-0.39, 0.29) is 65.3 Å². The van der Waals surface area contributed by atoms with Gasteiger partial charge in [-0.3, -0.25) is 39.8 Å². The molecule has 8 atom stereocenters. The number of nitrogens with one attached hydrogen (secondary N) is 4. The molecule has 2 fully saturated rings. The first-order chi connectivity index (χ1) is 35.3. The number of halogens is 3. The zero-order chi connectivity index (χ0) is 53.6. The number of hydrogen-bond acceptors (Lipinski definition) is 17. The van der Waals surface area contributed by atoms with Gasteiger partial charge in [0.25, 0.3) is 11.1 Å². The van der Waals surface area contributed by atoms with Crippen molar-refractivity contribution in [2.24, 2.45) is 11.8 Å². The highest BCUT2D eigenvalue weighted by Crippen LogP contribution is 2.44. The number of rotatable bonds is 13. The van der Waals surface area contributed by atoms with Crippen LogP contribution in [-0.2, 0) is 23.9 Å². The summed E-state index contributed by atoms with van der Waals surface area (Å²) in [6.45, 7) is 7.80. The van der Waals surface area contributed by atoms with Crippen LogP contribution < -0.4 is 31.2 Å². The fourth-order valence-electron chi connectivity index (χ4n) is 7.77. The first-order valence-corrected chi connectivity index (χ1v) is 23.6. The molecule has 2 saturated heterocycles. The van der Waals surface area contributed by atoms with Gasteiger partial charge in [-0.1, -0.05) is 107 Å². The van der Waals surface area contributed by atoms with Crippen molar-refractivity contribution in [1.29, 1.82) is 0 Å². The molecule has 6 heterocycles. The van der Waals surface area contributed by atoms with E-state index in [1.165, 1.54) is 0 Å². The Bertz CT molecular complexity index is 2970. The Morgan fingerprint density at radius 3 is 1.44 bits per heavy atom. The second-order valence-electron chi connectivity index (χ2n) is 17.6. The quantitative estimate of drug-likeness (QED) is 0.0609. The second-order valence-corrected chi connectivity index (χ2v) is 18.2. The molecule has 2 aliphatic rings. The molecule has 0 unspecified atom stereocenters. The predicted octanol–water partition coefficient (Wildman–Crippen LogP) is 4.68. The smallest absolute Gasteiger partial charge is 0.282 e. The summed E-state index contributed by atoms with van der Waals surface area (Å²) in [6.07, 6.45) is -10.7. The second kappa shape index (κ2) is 24.4. The summed E-state index contributed by atoms with van der Waals surface area (Å²) in [5.41, 5.74) is 1.32. The molecule has 0 bridgehead atoms. The number of amides is 2. The standard InChI is InChI=1S/C21H19ClO2.C14H19FN6O4.C13H17FN6O5.CH4/c1-23-19-12-8-17(9-13-19)21(22,16-6-4-3-5-7-16)18-10-14-20(24-2)15-11-18;1-4-6-7(15)9(22)13(25-6)21-10-8(19-20-21)12(24)18-14(16-10)17-11(23)5(2)3;1-4(2)10(23)16-13-15-9-7(11(24)17-13)18-19-20(9)12-8(22)6(14)5(3-21)25-12;/h3-15H,1-2H3;5-7,9,13,22H,4H2,1-3H3,(H2,16,17,18,23,24);4-6,8,12,21-22H,3H2,1-2H3,(H2,15,16,17,23,24);1H4/t;6-,7-,9-,13-;5-,6-,8-,12-;/m.11./s1. The minimum Gasteiger partial charge on any atom is -0.497 e. The molecule has 7 N–H and O–H groups in total. The number of carbonyl (C=O) groups is 2. The van der Waals surface area contributed by atoms with Crippen molar-refractivity contribution in [3.8, 4) is 11.5 Å². The molecule has 4 aromatic heterocycles. The lowest BCUT2D eigenvalue weighted by molar-refractivity contribution is -0.119. The van der Waals surface area contributed by atoms with E-state index >= 15 is 0 Å². The van der Waals surface area contributed by atoms with Gasteiger partial charge in [0.05, 0.1) is 26.9 Å². The third kappa shape index (κ3) is 12.0. The summed E-state index contributed by atoms with van der Waals surface area (Å²) >= 11 is 7.22. The minimum atomic E-state index is -1.84. The third-order valence-corrected chi connectivity index (χ3v) is 12.6. The molecule has 23 nitrogen and oxygen atoms in total. The molecule has 2 amide bonds. The van der Waals surface area contributed by atoms with Gasteiger partial charge in [-0.2, -0.15) is 19.3 Å². The van der Waals surface area contributed by atoms with Crippen molar-refractivity contribution in [2.75, 3.05) is 31.5 Å². The Morgan fingerprint density at radius 1 is 0.707 bits per heavy atom. The van der Waals surface area contributed by atoms with Crippen LogP contribution in [0, 0.1) is 11.8 Å². The maximum absolute atomic E-state index is 14.1. The monoisotopic (exact) mass is 1060 g/mol. The molecule has 0 saturated carbocycles. The first-order valence-electron chi connectivity index (χ1n) is 23.3. The Hall–Kier alpha value is -7.29. The number of aliphatic hydroxyl groups excluding tert-OH is 3. The van der Waals surface area contributed by atoms with Gasteiger partial charge in [-0.05, 0) is 47.4 Å². The van der Waals surface area contributed by atoms with Crippen LogP contribution in [0.25, 0.3) is 22.3 Å². The highest BCUT2D eigenvalue weighted by atomic mass is 35.5. The number of anilines is 2. The van der Waals surface area contributed by atoms with Gasteiger partial charge in [0.2, 0.25) is 23.7 Å². The van der Waals surface area contributed by atoms with Crippen molar-refractivity contribution in [2.45, 2.75) is 103 Å². The fourth-order valence-corrected chi connectivity index (χ4v) is 8.14. The van der Waals surface area contributed by atoms with Crippen molar-refractivity contribution in [3.05, 3.63) is 116 Å². The van der Waals surface area contributed by atoms with Gasteiger partial charge in [-0.25, -0.2) is 8.78 Å². The number of carbonyl (C=O) groups excluding carboxylic acids is 2. The maximum Gasteiger partial charge on any atom is 0.282 e. The summed E-state index contributed by atoms with van der Waals surface area (Å²) in [5.74, 6) is 0.0135. The van der Waals surface area contributed by atoms with Crippen molar-refractivity contribution in [3.63, 3.8) is 0 Å². The summed E-state index contributed by atoms with van der Waals surface area (Å²) in [5, 5.41) is 48.8. The number of methoxy groups -OCH3 is 2. The largest absolute Gasteiger partial charge is 0.497 e. The van der Waals surface area contributed by atoms with E-state index < -0.39 is 71.8 Å². The van der Waals surface area contributed by atoms with E-state index in [1.54, 1.807) is 48.8 Å². The number of alkyl halides is 3. The molecule has 75 heavy (non-hydrogen) atoms. The molecule has 26 heteroatoms. The van der Waals surface area contributed by atoms with Gasteiger partial charge in [0, 0.05) is 11.8 Å². The Balaban J connectivity index is 0.000000182. The van der Waals surface area contributed by atoms with Gasteiger partial charge < -0.3 is 34.3 Å². The molecule has 0 aliphatic carbocycles. The summed E-state index contributed by atoms with van der Waals surface area (Å²) in [7, 11) is 3.31. The number of aromatic amines is 2.